The highest BCUT2D eigenvalue weighted by molar-refractivity contribution is 5.97. The van der Waals surface area contributed by atoms with E-state index in [0.29, 0.717) is 25.6 Å². The second-order valence-electron chi connectivity index (χ2n) is 11.2. The van der Waals surface area contributed by atoms with Crippen LogP contribution in [-0.4, -0.2) is 40.8 Å². The molecule has 0 radical (unpaired) electrons. The van der Waals surface area contributed by atoms with Crippen LogP contribution in [0.2, 0.25) is 0 Å². The van der Waals surface area contributed by atoms with Crippen LogP contribution in [-0.2, 0) is 22.7 Å². The van der Waals surface area contributed by atoms with Gasteiger partial charge in [0.2, 0.25) is 11.8 Å². The maximum absolute atomic E-state index is 14.0. The molecular weight excluding hydrogens is 476 g/mol. The minimum atomic E-state index is -0.702. The third-order valence-electron chi connectivity index (χ3n) is 8.59. The minimum Gasteiger partial charge on any atom is -0.370 e. The SMILES string of the molecule is N=C(N)Nc1ccc(CNC(=O)[C@]23C[C@H]2CCN3C(=O)[C@@H](CC2CCCCC2)NCc2ccccc2)cc1. The number of guanidine groups is 1. The molecule has 0 unspecified atom stereocenters. The van der Waals surface area contributed by atoms with Gasteiger partial charge in [0.15, 0.2) is 5.96 Å². The Kier molecular flexibility index (Phi) is 7.98. The van der Waals surface area contributed by atoms with Crippen LogP contribution in [0.25, 0.3) is 0 Å². The molecule has 8 nitrogen and oxygen atoms in total. The second-order valence-corrected chi connectivity index (χ2v) is 11.2. The number of hydrogen-bond donors (Lipinski definition) is 5. The highest BCUT2D eigenvalue weighted by Gasteiger charge is 2.68. The van der Waals surface area contributed by atoms with Gasteiger partial charge in [0.1, 0.15) is 5.54 Å². The van der Waals surface area contributed by atoms with E-state index in [-0.39, 0.29) is 29.7 Å². The summed E-state index contributed by atoms with van der Waals surface area (Å²) in [6, 6.07) is 17.4. The quantitative estimate of drug-likeness (QED) is 0.243. The Morgan fingerprint density at radius 2 is 1.68 bits per heavy atom. The molecule has 38 heavy (non-hydrogen) atoms. The van der Waals surface area contributed by atoms with Crippen molar-refractivity contribution in [3.05, 3.63) is 65.7 Å². The van der Waals surface area contributed by atoms with E-state index in [9.17, 15) is 9.59 Å². The number of hydrogen-bond acceptors (Lipinski definition) is 4. The van der Waals surface area contributed by atoms with Crippen molar-refractivity contribution < 1.29 is 9.59 Å². The molecule has 0 aromatic heterocycles. The van der Waals surface area contributed by atoms with Crippen molar-refractivity contribution in [1.82, 2.24) is 15.5 Å². The number of nitrogens with one attached hydrogen (secondary N) is 4. The zero-order chi connectivity index (χ0) is 26.5. The van der Waals surface area contributed by atoms with Crippen LogP contribution in [0.3, 0.4) is 0 Å². The monoisotopic (exact) mass is 516 g/mol. The predicted molar refractivity (Wildman–Crippen MR) is 149 cm³/mol. The Morgan fingerprint density at radius 1 is 0.974 bits per heavy atom. The van der Waals surface area contributed by atoms with Gasteiger partial charge < -0.3 is 26.6 Å². The molecule has 2 saturated carbocycles. The molecule has 3 atom stereocenters. The van der Waals surface area contributed by atoms with Gasteiger partial charge in [0.25, 0.3) is 0 Å². The van der Waals surface area contributed by atoms with Gasteiger partial charge >= 0.3 is 0 Å². The van der Waals surface area contributed by atoms with E-state index in [0.717, 1.165) is 36.1 Å². The van der Waals surface area contributed by atoms with Crippen LogP contribution in [0.5, 0.6) is 0 Å². The Balaban J connectivity index is 1.24. The summed E-state index contributed by atoms with van der Waals surface area (Å²) in [5, 5.41) is 16.8. The molecule has 2 amide bonds. The average Bonchev–Trinajstić information content (AvgIpc) is 3.55. The third-order valence-corrected chi connectivity index (χ3v) is 8.59. The summed E-state index contributed by atoms with van der Waals surface area (Å²) in [5.41, 5.74) is 7.53. The maximum Gasteiger partial charge on any atom is 0.246 e. The smallest absolute Gasteiger partial charge is 0.246 e. The number of carbonyl (C=O) groups is 2. The van der Waals surface area contributed by atoms with Crippen molar-refractivity contribution in [2.45, 2.75) is 76.0 Å². The molecule has 2 aromatic carbocycles. The standard InChI is InChI=1S/C30H40N6O2/c31-29(32)35-25-13-11-23(12-14-25)20-34-28(38)30-18-24(30)15-16-36(30)27(37)26(17-21-7-3-1-4-8-21)33-19-22-9-5-2-6-10-22/h2,5-6,9-14,21,24,26,33H,1,3-4,7-8,15-20H2,(H,34,38)(H4,31,32,35)/t24-,26-,30+/m1/s1. The predicted octanol–water partition coefficient (Wildman–Crippen LogP) is 3.73. The number of benzene rings is 2. The summed E-state index contributed by atoms with van der Waals surface area (Å²) in [6.45, 7) is 1.69. The molecular formula is C30H40N6O2. The van der Waals surface area contributed by atoms with Crippen molar-refractivity contribution in [2.75, 3.05) is 11.9 Å². The van der Waals surface area contributed by atoms with Gasteiger partial charge in [0, 0.05) is 25.3 Å². The Labute approximate surface area is 225 Å². The summed E-state index contributed by atoms with van der Waals surface area (Å²) in [4.78, 5) is 29.5. The van der Waals surface area contributed by atoms with Crippen molar-refractivity contribution in [3.63, 3.8) is 0 Å². The minimum absolute atomic E-state index is 0.0428. The van der Waals surface area contributed by atoms with Crippen LogP contribution >= 0.6 is 0 Å². The number of rotatable bonds is 10. The number of anilines is 1. The molecule has 5 rings (SSSR count). The molecule has 8 heteroatoms. The highest BCUT2D eigenvalue weighted by atomic mass is 16.2. The van der Waals surface area contributed by atoms with Crippen LogP contribution in [0.4, 0.5) is 5.69 Å². The lowest BCUT2D eigenvalue weighted by molar-refractivity contribution is -0.143. The largest absolute Gasteiger partial charge is 0.370 e. The summed E-state index contributed by atoms with van der Waals surface area (Å²) < 4.78 is 0. The maximum atomic E-state index is 14.0. The zero-order valence-electron chi connectivity index (χ0n) is 22.0. The molecule has 0 bridgehead atoms. The second kappa shape index (κ2) is 11.6. The lowest BCUT2D eigenvalue weighted by Gasteiger charge is -2.33. The van der Waals surface area contributed by atoms with Gasteiger partial charge in [-0.05, 0) is 54.4 Å². The molecule has 3 aliphatic rings. The molecule has 0 spiro atoms. The molecule has 2 aliphatic carbocycles. The third kappa shape index (κ3) is 5.85. The van der Waals surface area contributed by atoms with Gasteiger partial charge in [-0.2, -0.15) is 0 Å². The summed E-state index contributed by atoms with van der Waals surface area (Å²) in [6.07, 6.45) is 8.63. The number of carbonyl (C=O) groups excluding carboxylic acids is 2. The van der Waals surface area contributed by atoms with E-state index in [4.69, 9.17) is 11.1 Å². The molecule has 1 aliphatic heterocycles. The van der Waals surface area contributed by atoms with Crippen molar-refractivity contribution >= 4 is 23.5 Å². The molecule has 1 saturated heterocycles. The van der Waals surface area contributed by atoms with Gasteiger partial charge in [-0.3, -0.25) is 15.0 Å². The van der Waals surface area contributed by atoms with Gasteiger partial charge in [0.05, 0.1) is 6.04 Å². The van der Waals surface area contributed by atoms with Crippen molar-refractivity contribution in [1.29, 1.82) is 5.41 Å². The van der Waals surface area contributed by atoms with Crippen LogP contribution in [0.15, 0.2) is 54.6 Å². The fourth-order valence-electron chi connectivity index (χ4n) is 6.43. The number of fused-ring (bicyclic) bond motifs is 1. The summed E-state index contributed by atoms with van der Waals surface area (Å²) in [7, 11) is 0. The van der Waals surface area contributed by atoms with E-state index >= 15 is 0 Å². The average molecular weight is 517 g/mol. The first-order chi connectivity index (χ1) is 18.5. The Bertz CT molecular complexity index is 1130. The zero-order valence-corrected chi connectivity index (χ0v) is 22.0. The first-order valence-corrected chi connectivity index (χ1v) is 14.0. The Morgan fingerprint density at radius 3 is 2.37 bits per heavy atom. The fraction of sp³-hybridized carbons (Fsp3) is 0.500. The summed E-state index contributed by atoms with van der Waals surface area (Å²) in [5.74, 6) is 0.734. The van der Waals surface area contributed by atoms with Crippen LogP contribution in [0, 0.1) is 17.2 Å². The van der Waals surface area contributed by atoms with Crippen molar-refractivity contribution in [2.24, 2.45) is 17.6 Å². The van der Waals surface area contributed by atoms with E-state index < -0.39 is 5.54 Å². The van der Waals surface area contributed by atoms with E-state index in [1.165, 1.54) is 32.1 Å². The number of amides is 2. The summed E-state index contributed by atoms with van der Waals surface area (Å²) >= 11 is 0. The van der Waals surface area contributed by atoms with Gasteiger partial charge in [-0.1, -0.05) is 74.6 Å². The van der Waals surface area contributed by atoms with Crippen LogP contribution < -0.4 is 21.7 Å². The molecule has 202 valence electrons. The molecule has 1 heterocycles. The number of likely N-dealkylation sites (tertiary alicyclic amines) is 1. The topological polar surface area (TPSA) is 123 Å². The number of nitrogens with two attached hydrogens (primary N) is 1. The van der Waals surface area contributed by atoms with E-state index in [2.05, 4.69) is 28.1 Å². The molecule has 2 aromatic rings. The first kappa shape index (κ1) is 26.2. The van der Waals surface area contributed by atoms with E-state index in [1.807, 2.05) is 47.4 Å². The normalized spacial score (nSPS) is 23.4. The number of piperidine rings is 1. The van der Waals surface area contributed by atoms with Crippen LogP contribution in [0.1, 0.15) is 62.5 Å². The fourth-order valence-corrected chi connectivity index (χ4v) is 6.43. The lowest BCUT2D eigenvalue weighted by atomic mass is 9.84. The molecule has 6 N–H and O–H groups in total. The van der Waals surface area contributed by atoms with E-state index in [1.54, 1.807) is 0 Å². The molecule has 3 fully saturated rings. The first-order valence-electron chi connectivity index (χ1n) is 14.0. The van der Waals surface area contributed by atoms with Gasteiger partial charge in [-0.15, -0.1) is 0 Å². The van der Waals surface area contributed by atoms with Gasteiger partial charge in [-0.25, -0.2) is 0 Å². The number of nitrogens with zero attached hydrogens (tertiary/aromatic N) is 1. The lowest BCUT2D eigenvalue weighted by Crippen LogP contribution is -2.55. The highest BCUT2D eigenvalue weighted by Crippen LogP contribution is 2.56. The Hall–Kier alpha value is -3.39. The van der Waals surface area contributed by atoms with Crippen molar-refractivity contribution in [3.8, 4) is 0 Å².